The van der Waals surface area contributed by atoms with E-state index in [4.69, 9.17) is 0 Å². The van der Waals surface area contributed by atoms with Gasteiger partial charge < -0.3 is 4.90 Å². The molecule has 0 N–H and O–H groups in total. The predicted octanol–water partition coefficient (Wildman–Crippen LogP) is 2.71. The molecule has 5 nitrogen and oxygen atoms in total. The summed E-state index contributed by atoms with van der Waals surface area (Å²) < 4.78 is 1.94. The van der Waals surface area contributed by atoms with Gasteiger partial charge in [0, 0.05) is 18.2 Å². The van der Waals surface area contributed by atoms with Crippen LogP contribution in [0, 0.1) is 6.42 Å². The van der Waals surface area contributed by atoms with Crippen molar-refractivity contribution in [2.75, 3.05) is 13.6 Å². The molecule has 1 fully saturated rings. The lowest BCUT2D eigenvalue weighted by Gasteiger charge is -2.31. The Morgan fingerprint density at radius 3 is 2.95 bits per heavy atom. The van der Waals surface area contributed by atoms with Gasteiger partial charge >= 0.3 is 0 Å². The highest BCUT2D eigenvalue weighted by atomic mass is 16.1. The smallest absolute Gasteiger partial charge is 0.150 e. The third-order valence-corrected chi connectivity index (χ3v) is 4.59. The van der Waals surface area contributed by atoms with Gasteiger partial charge in [-0.05, 0) is 70.3 Å². The molecule has 1 aromatic carbocycles. The topological polar surface area (TPSA) is 51.0 Å². The molecule has 1 saturated carbocycles. The zero-order chi connectivity index (χ0) is 15.4. The Morgan fingerprint density at radius 1 is 1.36 bits per heavy atom. The first-order valence-electron chi connectivity index (χ1n) is 8.08. The van der Waals surface area contributed by atoms with Crippen molar-refractivity contribution < 1.29 is 4.79 Å². The van der Waals surface area contributed by atoms with E-state index in [2.05, 4.69) is 28.7 Å². The fourth-order valence-corrected chi connectivity index (χ4v) is 3.23. The summed E-state index contributed by atoms with van der Waals surface area (Å²) in [4.78, 5) is 13.3. The first-order valence-corrected chi connectivity index (χ1v) is 8.08. The van der Waals surface area contributed by atoms with Crippen LogP contribution in [0.5, 0.6) is 0 Å². The molecule has 1 heterocycles. The largest absolute Gasteiger partial charge is 0.303 e. The van der Waals surface area contributed by atoms with Gasteiger partial charge in [0.25, 0.3) is 0 Å². The summed E-state index contributed by atoms with van der Waals surface area (Å²) in [6.07, 6.45) is 9.39. The van der Waals surface area contributed by atoms with Crippen molar-refractivity contribution in [1.82, 2.24) is 19.9 Å². The minimum Gasteiger partial charge on any atom is -0.303 e. The fraction of sp³-hybridized carbons (Fsp3) is 0.529. The van der Waals surface area contributed by atoms with Crippen molar-refractivity contribution in [1.29, 1.82) is 0 Å². The van der Waals surface area contributed by atoms with Crippen molar-refractivity contribution in [3.8, 4) is 0 Å². The third-order valence-electron chi connectivity index (χ3n) is 4.59. The van der Waals surface area contributed by atoms with E-state index >= 15 is 0 Å². The Balaban J connectivity index is 1.56. The van der Waals surface area contributed by atoms with Crippen molar-refractivity contribution in [2.24, 2.45) is 0 Å². The van der Waals surface area contributed by atoms with Crippen molar-refractivity contribution >= 4 is 17.3 Å². The number of aldehydes is 1. The predicted molar refractivity (Wildman–Crippen MR) is 86.7 cm³/mol. The van der Waals surface area contributed by atoms with E-state index in [0.29, 0.717) is 5.56 Å². The first-order chi connectivity index (χ1) is 10.8. The van der Waals surface area contributed by atoms with E-state index in [1.165, 1.54) is 25.7 Å². The second-order valence-corrected chi connectivity index (χ2v) is 6.11. The van der Waals surface area contributed by atoms with Crippen LogP contribution in [0.25, 0.3) is 11.0 Å². The number of carbonyl (C=O) groups excluding carboxylic acids is 1. The number of hydrogen-bond donors (Lipinski definition) is 0. The highest BCUT2D eigenvalue weighted by Crippen LogP contribution is 2.21. The molecule has 22 heavy (non-hydrogen) atoms. The molecule has 0 aliphatic heterocycles. The summed E-state index contributed by atoms with van der Waals surface area (Å²) in [7, 11) is 2.23. The number of fused-ring (bicyclic) bond motifs is 1. The van der Waals surface area contributed by atoms with E-state index in [1.807, 2.05) is 16.8 Å². The number of aryl methyl sites for hydroxylation is 1. The van der Waals surface area contributed by atoms with Gasteiger partial charge in [0.05, 0.1) is 5.52 Å². The molecule has 117 valence electrons. The molecule has 0 saturated heterocycles. The van der Waals surface area contributed by atoms with Crippen molar-refractivity contribution in [2.45, 2.75) is 44.7 Å². The summed E-state index contributed by atoms with van der Waals surface area (Å²) in [5, 5.41) is 8.36. The molecule has 2 aromatic rings. The van der Waals surface area contributed by atoms with E-state index < -0.39 is 0 Å². The molecule has 1 aromatic heterocycles. The van der Waals surface area contributed by atoms with Gasteiger partial charge in [-0.2, -0.15) is 0 Å². The second kappa shape index (κ2) is 7.01. The minimum atomic E-state index is 0.647. The van der Waals surface area contributed by atoms with Crippen LogP contribution in [0.3, 0.4) is 0 Å². The fourth-order valence-electron chi connectivity index (χ4n) is 3.23. The summed E-state index contributed by atoms with van der Waals surface area (Å²) in [5.41, 5.74) is 2.44. The average molecular weight is 299 g/mol. The van der Waals surface area contributed by atoms with Crippen LogP contribution in [0.4, 0.5) is 0 Å². The van der Waals surface area contributed by atoms with E-state index in [0.717, 1.165) is 42.9 Å². The highest BCUT2D eigenvalue weighted by molar-refractivity contribution is 5.84. The van der Waals surface area contributed by atoms with Crippen molar-refractivity contribution in [3.05, 3.63) is 30.2 Å². The molecular formula is C17H23N4O. The van der Waals surface area contributed by atoms with Crippen LogP contribution in [0.1, 0.15) is 42.5 Å². The summed E-state index contributed by atoms with van der Waals surface area (Å²) >= 11 is 0. The molecule has 1 aliphatic rings. The lowest BCUT2D eigenvalue weighted by molar-refractivity contribution is 0.112. The van der Waals surface area contributed by atoms with Gasteiger partial charge in [-0.1, -0.05) is 5.21 Å². The van der Waals surface area contributed by atoms with Gasteiger partial charge in [0.15, 0.2) is 0 Å². The van der Waals surface area contributed by atoms with Crippen LogP contribution in [0.2, 0.25) is 0 Å². The van der Waals surface area contributed by atoms with Gasteiger partial charge in [-0.3, -0.25) is 4.79 Å². The maximum atomic E-state index is 10.8. The zero-order valence-corrected chi connectivity index (χ0v) is 13.1. The van der Waals surface area contributed by atoms with Crippen LogP contribution < -0.4 is 0 Å². The monoisotopic (exact) mass is 299 g/mol. The number of aromatic nitrogens is 3. The Morgan fingerprint density at radius 2 is 2.18 bits per heavy atom. The van der Waals surface area contributed by atoms with Crippen LogP contribution >= 0.6 is 0 Å². The lowest BCUT2D eigenvalue weighted by Crippen LogP contribution is -2.34. The maximum Gasteiger partial charge on any atom is 0.150 e. The molecule has 5 heteroatoms. The molecule has 0 unspecified atom stereocenters. The minimum absolute atomic E-state index is 0.647. The summed E-state index contributed by atoms with van der Waals surface area (Å²) in [6, 6.07) is 6.27. The van der Waals surface area contributed by atoms with Gasteiger partial charge in [-0.25, -0.2) is 4.68 Å². The molecule has 0 bridgehead atoms. The maximum absolute atomic E-state index is 10.8. The molecule has 0 spiro atoms. The SMILES string of the molecule is CN(CCCn1nnc2cc(C=O)ccc21)C1CC[CH]CC1. The Labute approximate surface area is 131 Å². The first kappa shape index (κ1) is 15.2. The molecule has 1 aliphatic carbocycles. The number of carbonyl (C=O) groups is 1. The Bertz CT molecular complexity index is 631. The lowest BCUT2D eigenvalue weighted by atomic mass is 9.94. The standard InChI is InChI=1S/C17H23N4O/c1-20(15-6-3-2-4-7-15)10-5-11-21-17-9-8-14(13-22)12-16(17)18-19-21/h2,8-9,12-13,15H,3-7,10-11H2,1H3. The summed E-state index contributed by atoms with van der Waals surface area (Å²) in [6.45, 7) is 1.94. The number of rotatable bonds is 6. The zero-order valence-electron chi connectivity index (χ0n) is 13.1. The second-order valence-electron chi connectivity index (χ2n) is 6.11. The van der Waals surface area contributed by atoms with E-state index in [9.17, 15) is 4.79 Å². The molecule has 0 atom stereocenters. The van der Waals surface area contributed by atoms with Crippen LogP contribution in [0.15, 0.2) is 18.2 Å². The third kappa shape index (κ3) is 3.35. The Hall–Kier alpha value is -1.75. The van der Waals surface area contributed by atoms with E-state index in [1.54, 1.807) is 6.07 Å². The van der Waals surface area contributed by atoms with E-state index in [-0.39, 0.29) is 0 Å². The number of hydrogen-bond acceptors (Lipinski definition) is 4. The van der Waals surface area contributed by atoms with Gasteiger partial charge in [0.2, 0.25) is 0 Å². The Kier molecular flexibility index (Phi) is 4.83. The van der Waals surface area contributed by atoms with Gasteiger partial charge in [-0.15, -0.1) is 5.10 Å². The van der Waals surface area contributed by atoms with Gasteiger partial charge in [0.1, 0.15) is 11.8 Å². The normalized spacial score (nSPS) is 16.5. The quantitative estimate of drug-likeness (QED) is 0.770. The highest BCUT2D eigenvalue weighted by Gasteiger charge is 2.17. The number of nitrogens with zero attached hydrogens (tertiary/aromatic N) is 4. The molecule has 3 rings (SSSR count). The molecular weight excluding hydrogens is 276 g/mol. The summed E-state index contributed by atoms with van der Waals surface area (Å²) in [5.74, 6) is 0. The van der Waals surface area contributed by atoms with Crippen LogP contribution in [-0.4, -0.2) is 45.8 Å². The van der Waals surface area contributed by atoms with Crippen molar-refractivity contribution in [3.63, 3.8) is 0 Å². The van der Waals surface area contributed by atoms with Crippen LogP contribution in [-0.2, 0) is 6.54 Å². The average Bonchev–Trinajstić information content (AvgIpc) is 2.98. The molecule has 1 radical (unpaired) electrons. The number of benzene rings is 1. The molecule has 0 amide bonds.